The van der Waals surface area contributed by atoms with Crippen molar-refractivity contribution in [1.82, 2.24) is 9.80 Å². The van der Waals surface area contributed by atoms with Crippen LogP contribution in [-0.4, -0.2) is 47.6 Å². The largest absolute Gasteiger partial charge is 0.415 e. The van der Waals surface area contributed by atoms with Crippen LogP contribution in [0, 0.1) is 0 Å². The van der Waals surface area contributed by atoms with Crippen molar-refractivity contribution in [2.45, 2.75) is 71.9 Å². The molecule has 0 N–H and O–H groups in total. The SMILES string of the molecule is CCCN1CCCC(c2cccc(OC(=O)N(C(C)C)C(C)C)c2)C1. The van der Waals surface area contributed by atoms with Crippen LogP contribution in [0.15, 0.2) is 24.3 Å². The number of likely N-dealkylation sites (tertiary alicyclic amines) is 1. The van der Waals surface area contributed by atoms with E-state index in [4.69, 9.17) is 4.74 Å². The number of carbonyl (C=O) groups is 1. The number of nitrogens with zero attached hydrogens (tertiary/aromatic N) is 2. The number of piperidine rings is 1. The lowest BCUT2D eigenvalue weighted by Gasteiger charge is -2.33. The van der Waals surface area contributed by atoms with E-state index < -0.39 is 0 Å². The number of hydrogen-bond donors (Lipinski definition) is 0. The normalized spacial score (nSPS) is 18.6. The maximum absolute atomic E-state index is 12.5. The predicted molar refractivity (Wildman–Crippen MR) is 103 cm³/mol. The summed E-state index contributed by atoms with van der Waals surface area (Å²) in [4.78, 5) is 16.8. The number of hydrogen-bond acceptors (Lipinski definition) is 3. The van der Waals surface area contributed by atoms with Gasteiger partial charge in [0.2, 0.25) is 0 Å². The molecular weight excluding hydrogens is 312 g/mol. The van der Waals surface area contributed by atoms with Gasteiger partial charge < -0.3 is 14.5 Å². The van der Waals surface area contributed by atoms with Crippen LogP contribution in [0.25, 0.3) is 0 Å². The first-order chi connectivity index (χ1) is 11.9. The molecule has 0 aromatic heterocycles. The van der Waals surface area contributed by atoms with Gasteiger partial charge in [0.25, 0.3) is 0 Å². The fourth-order valence-corrected chi connectivity index (χ4v) is 3.85. The van der Waals surface area contributed by atoms with E-state index in [9.17, 15) is 4.79 Å². The molecule has 4 nitrogen and oxygen atoms in total. The van der Waals surface area contributed by atoms with Gasteiger partial charge >= 0.3 is 6.09 Å². The van der Waals surface area contributed by atoms with Gasteiger partial charge in [0.1, 0.15) is 5.75 Å². The van der Waals surface area contributed by atoms with Crippen LogP contribution in [0.2, 0.25) is 0 Å². The maximum Gasteiger partial charge on any atom is 0.415 e. The van der Waals surface area contributed by atoms with Gasteiger partial charge in [-0.2, -0.15) is 0 Å². The van der Waals surface area contributed by atoms with E-state index in [1.165, 1.54) is 37.9 Å². The lowest BCUT2D eigenvalue weighted by Crippen LogP contribution is -2.43. The van der Waals surface area contributed by atoms with E-state index in [1.54, 1.807) is 4.90 Å². The Bertz CT molecular complexity index is 547. The first-order valence-corrected chi connectivity index (χ1v) is 9.74. The van der Waals surface area contributed by atoms with Gasteiger partial charge in [-0.15, -0.1) is 0 Å². The van der Waals surface area contributed by atoms with Gasteiger partial charge in [0.15, 0.2) is 0 Å². The highest BCUT2D eigenvalue weighted by atomic mass is 16.6. The molecule has 1 amide bonds. The standard InChI is InChI=1S/C21H34N2O2/c1-6-12-22-13-8-10-19(15-22)18-9-7-11-20(14-18)25-21(24)23(16(2)3)17(4)5/h7,9,11,14,16-17,19H,6,8,10,12-13,15H2,1-5H3. The Morgan fingerprint density at radius 1 is 1.28 bits per heavy atom. The van der Waals surface area contributed by atoms with Gasteiger partial charge in [0.05, 0.1) is 0 Å². The Morgan fingerprint density at radius 2 is 2.00 bits per heavy atom. The monoisotopic (exact) mass is 346 g/mol. The zero-order valence-corrected chi connectivity index (χ0v) is 16.5. The van der Waals surface area contributed by atoms with Crippen LogP contribution in [-0.2, 0) is 0 Å². The van der Waals surface area contributed by atoms with Gasteiger partial charge in [-0.25, -0.2) is 4.79 Å². The van der Waals surface area contributed by atoms with Crippen molar-refractivity contribution in [3.8, 4) is 5.75 Å². The molecule has 0 bridgehead atoms. The molecule has 1 unspecified atom stereocenters. The van der Waals surface area contributed by atoms with Crippen LogP contribution in [0.4, 0.5) is 4.79 Å². The molecule has 1 aliphatic heterocycles. The van der Waals surface area contributed by atoms with Gasteiger partial charge in [-0.3, -0.25) is 0 Å². The second-order valence-electron chi connectivity index (χ2n) is 7.67. The summed E-state index contributed by atoms with van der Waals surface area (Å²) in [6.45, 7) is 13.8. The highest BCUT2D eigenvalue weighted by Crippen LogP contribution is 2.29. The van der Waals surface area contributed by atoms with E-state index in [0.717, 1.165) is 6.54 Å². The first-order valence-electron chi connectivity index (χ1n) is 9.74. The topological polar surface area (TPSA) is 32.8 Å². The molecule has 4 heteroatoms. The average molecular weight is 347 g/mol. The summed E-state index contributed by atoms with van der Waals surface area (Å²) >= 11 is 0. The van der Waals surface area contributed by atoms with Crippen molar-refractivity contribution >= 4 is 6.09 Å². The zero-order chi connectivity index (χ0) is 18.4. The summed E-state index contributed by atoms with van der Waals surface area (Å²) < 4.78 is 5.68. The minimum Gasteiger partial charge on any atom is -0.410 e. The van der Waals surface area contributed by atoms with E-state index in [1.807, 2.05) is 39.8 Å². The van der Waals surface area contributed by atoms with Crippen molar-refractivity contribution in [1.29, 1.82) is 0 Å². The molecule has 1 aromatic rings. The lowest BCUT2D eigenvalue weighted by atomic mass is 9.90. The second kappa shape index (κ2) is 9.23. The summed E-state index contributed by atoms with van der Waals surface area (Å²) in [5.41, 5.74) is 1.28. The van der Waals surface area contributed by atoms with Crippen molar-refractivity contribution < 1.29 is 9.53 Å². The molecule has 140 valence electrons. The van der Waals surface area contributed by atoms with Crippen LogP contribution in [0.3, 0.4) is 0 Å². The van der Waals surface area contributed by atoms with E-state index in [2.05, 4.69) is 24.0 Å². The molecule has 1 aromatic carbocycles. The number of ether oxygens (including phenoxy) is 1. The zero-order valence-electron chi connectivity index (χ0n) is 16.5. The van der Waals surface area contributed by atoms with E-state index in [0.29, 0.717) is 11.7 Å². The quantitative estimate of drug-likeness (QED) is 0.735. The fraction of sp³-hybridized carbons (Fsp3) is 0.667. The molecule has 2 rings (SSSR count). The Morgan fingerprint density at radius 3 is 2.64 bits per heavy atom. The number of rotatable bonds is 6. The smallest absolute Gasteiger partial charge is 0.410 e. The number of benzene rings is 1. The van der Waals surface area contributed by atoms with Crippen molar-refractivity contribution in [2.75, 3.05) is 19.6 Å². The summed E-state index contributed by atoms with van der Waals surface area (Å²) in [6, 6.07) is 8.35. The molecule has 0 radical (unpaired) electrons. The third kappa shape index (κ3) is 5.46. The van der Waals surface area contributed by atoms with Crippen molar-refractivity contribution in [2.24, 2.45) is 0 Å². The molecule has 0 saturated carbocycles. The van der Waals surface area contributed by atoms with Crippen LogP contribution in [0.5, 0.6) is 5.75 Å². The van der Waals surface area contributed by atoms with Gasteiger partial charge in [-0.1, -0.05) is 19.1 Å². The average Bonchev–Trinajstić information content (AvgIpc) is 2.55. The van der Waals surface area contributed by atoms with Crippen LogP contribution in [0.1, 0.15) is 65.4 Å². The molecule has 1 aliphatic rings. The Labute approximate surface area is 153 Å². The van der Waals surface area contributed by atoms with Crippen LogP contribution >= 0.6 is 0 Å². The fourth-order valence-electron chi connectivity index (χ4n) is 3.85. The molecule has 1 atom stereocenters. The van der Waals surface area contributed by atoms with E-state index in [-0.39, 0.29) is 18.2 Å². The van der Waals surface area contributed by atoms with Crippen LogP contribution < -0.4 is 4.74 Å². The second-order valence-corrected chi connectivity index (χ2v) is 7.67. The molecule has 1 saturated heterocycles. The molecular formula is C21H34N2O2. The third-order valence-electron chi connectivity index (χ3n) is 4.90. The minimum atomic E-state index is -0.265. The number of carbonyl (C=O) groups excluding carboxylic acids is 1. The highest BCUT2D eigenvalue weighted by molar-refractivity contribution is 5.71. The molecule has 1 fully saturated rings. The maximum atomic E-state index is 12.5. The number of amides is 1. The molecule has 1 heterocycles. The Hall–Kier alpha value is -1.55. The molecule has 0 aliphatic carbocycles. The Kier molecular flexibility index (Phi) is 7.30. The summed E-state index contributed by atoms with van der Waals surface area (Å²) in [6.07, 6.45) is 3.38. The molecule has 25 heavy (non-hydrogen) atoms. The molecule has 0 spiro atoms. The Balaban J connectivity index is 2.07. The van der Waals surface area contributed by atoms with Gasteiger partial charge in [-0.05, 0) is 83.7 Å². The first kappa shape index (κ1) is 19.8. The van der Waals surface area contributed by atoms with E-state index >= 15 is 0 Å². The third-order valence-corrected chi connectivity index (χ3v) is 4.90. The highest BCUT2D eigenvalue weighted by Gasteiger charge is 2.24. The predicted octanol–water partition coefficient (Wildman–Crippen LogP) is 4.89. The summed E-state index contributed by atoms with van der Waals surface area (Å²) in [5.74, 6) is 1.19. The summed E-state index contributed by atoms with van der Waals surface area (Å²) in [7, 11) is 0. The summed E-state index contributed by atoms with van der Waals surface area (Å²) in [5, 5.41) is 0. The van der Waals surface area contributed by atoms with Crippen molar-refractivity contribution in [3.63, 3.8) is 0 Å². The minimum absolute atomic E-state index is 0.122. The lowest BCUT2D eigenvalue weighted by molar-refractivity contribution is 0.122. The van der Waals surface area contributed by atoms with Gasteiger partial charge in [0, 0.05) is 18.6 Å². The van der Waals surface area contributed by atoms with Crippen molar-refractivity contribution in [3.05, 3.63) is 29.8 Å².